The minimum Gasteiger partial charge on any atom is -0.359 e. The zero-order valence-corrected chi connectivity index (χ0v) is 15.4. The molecule has 3 nitrogen and oxygen atoms in total. The summed E-state index contributed by atoms with van der Waals surface area (Å²) in [5.74, 6) is 0.825. The maximum Gasteiger partial charge on any atom is 0.141 e. The molecule has 3 heterocycles. The molecule has 3 aromatic rings. The predicted octanol–water partition coefficient (Wildman–Crippen LogP) is 3.61. The number of hydrogen-bond donors (Lipinski definition) is 0. The molecule has 20 heavy (non-hydrogen) atoms. The molecule has 0 amide bonds. The van der Waals surface area contributed by atoms with Gasteiger partial charge in [-0.05, 0) is 24.4 Å². The third-order valence-corrected chi connectivity index (χ3v) is 4.02. The van der Waals surface area contributed by atoms with Crippen molar-refractivity contribution in [3.05, 3.63) is 52.6 Å². The summed E-state index contributed by atoms with van der Waals surface area (Å²) in [4.78, 5) is 10.2. The van der Waals surface area contributed by atoms with Gasteiger partial charge < -0.3 is 11.0 Å². The Bertz CT molecular complexity index is 689. The number of aromatic nitrogens is 3. The molecule has 0 N–H and O–H groups in total. The average Bonchev–Trinajstić information content (AvgIpc) is 3.00. The van der Waals surface area contributed by atoms with E-state index >= 15 is 0 Å². The molecule has 0 aliphatic heterocycles. The first kappa shape index (κ1) is 15.8. The van der Waals surface area contributed by atoms with E-state index in [9.17, 15) is 0 Å². The summed E-state index contributed by atoms with van der Waals surface area (Å²) in [7, 11) is 0. The smallest absolute Gasteiger partial charge is 0.141 e. The van der Waals surface area contributed by atoms with Crippen molar-refractivity contribution >= 4 is 22.4 Å². The quantitative estimate of drug-likeness (QED) is 0.667. The van der Waals surface area contributed by atoms with Crippen LogP contribution >= 0.6 is 11.3 Å². The van der Waals surface area contributed by atoms with Crippen molar-refractivity contribution in [2.75, 3.05) is 0 Å². The van der Waals surface area contributed by atoms with E-state index in [2.05, 4.69) is 51.5 Å². The third kappa shape index (κ3) is 3.18. The van der Waals surface area contributed by atoms with Gasteiger partial charge in [0.1, 0.15) is 11.5 Å². The number of fused-ring (bicyclic) bond motifs is 1. The van der Waals surface area contributed by atoms with Gasteiger partial charge in [0.15, 0.2) is 0 Å². The molecule has 0 atom stereocenters. The van der Waals surface area contributed by atoms with Gasteiger partial charge in [0.05, 0.1) is 0 Å². The molecule has 3 rings (SSSR count). The number of nitrogens with zero attached hydrogens (tertiary/aromatic N) is 3. The SMILES string of the molecule is C[CH-]Cn1c(Cc2cccs2)cc2cnc(C)nc21.[Y]. The Morgan fingerprint density at radius 3 is 2.95 bits per heavy atom. The first-order valence-corrected chi connectivity index (χ1v) is 7.28. The summed E-state index contributed by atoms with van der Waals surface area (Å²) in [5, 5.41) is 3.25. The molecule has 0 aliphatic rings. The van der Waals surface area contributed by atoms with Crippen LogP contribution in [0, 0.1) is 13.3 Å². The van der Waals surface area contributed by atoms with E-state index in [1.54, 1.807) is 11.3 Å². The Hall–Kier alpha value is -0.576. The molecule has 0 unspecified atom stereocenters. The molecule has 3 aromatic heterocycles. The van der Waals surface area contributed by atoms with Crippen LogP contribution in [0.5, 0.6) is 0 Å². The van der Waals surface area contributed by atoms with Crippen molar-refractivity contribution in [1.82, 2.24) is 14.5 Å². The Kier molecular flexibility index (Phi) is 5.47. The standard InChI is InChI=1S/C15H16N3S.Y/c1-3-6-18-13(9-14-5-4-7-19-14)8-12-10-16-11(2)17-15(12)18;/h3-5,7-8,10H,6,9H2,1-2H3;/q-1;. The van der Waals surface area contributed by atoms with Crippen molar-refractivity contribution in [2.45, 2.75) is 26.8 Å². The number of hydrogen-bond acceptors (Lipinski definition) is 3. The van der Waals surface area contributed by atoms with E-state index in [0.29, 0.717) is 0 Å². The van der Waals surface area contributed by atoms with Crippen molar-refractivity contribution in [3.8, 4) is 0 Å². The third-order valence-electron chi connectivity index (χ3n) is 3.14. The minimum atomic E-state index is 0. The Morgan fingerprint density at radius 2 is 2.25 bits per heavy atom. The van der Waals surface area contributed by atoms with Crippen molar-refractivity contribution < 1.29 is 32.7 Å². The van der Waals surface area contributed by atoms with Crippen molar-refractivity contribution in [2.24, 2.45) is 0 Å². The fraction of sp³-hybridized carbons (Fsp3) is 0.267. The van der Waals surface area contributed by atoms with E-state index in [1.807, 2.05) is 13.1 Å². The molecule has 1 radical (unpaired) electrons. The van der Waals surface area contributed by atoms with Gasteiger partial charge in [-0.3, -0.25) is 0 Å². The summed E-state index contributed by atoms with van der Waals surface area (Å²) in [6.07, 6.45) is 5.04. The van der Waals surface area contributed by atoms with Crippen molar-refractivity contribution in [3.63, 3.8) is 0 Å². The van der Waals surface area contributed by atoms with Gasteiger partial charge in [-0.25, -0.2) is 9.97 Å². The van der Waals surface area contributed by atoms with E-state index in [-0.39, 0.29) is 32.7 Å². The Morgan fingerprint density at radius 1 is 1.40 bits per heavy atom. The van der Waals surface area contributed by atoms with Crippen LogP contribution in [0.2, 0.25) is 0 Å². The van der Waals surface area contributed by atoms with Crippen LogP contribution < -0.4 is 0 Å². The molecule has 0 saturated heterocycles. The molecular weight excluding hydrogens is 343 g/mol. The molecule has 101 valence electrons. The summed E-state index contributed by atoms with van der Waals surface area (Å²) in [5.41, 5.74) is 2.34. The number of aryl methyl sites for hydroxylation is 1. The summed E-state index contributed by atoms with van der Waals surface area (Å²) in [6, 6.07) is 6.49. The summed E-state index contributed by atoms with van der Waals surface area (Å²) < 4.78 is 2.28. The normalized spacial score (nSPS) is 10.7. The number of rotatable bonds is 4. The topological polar surface area (TPSA) is 30.7 Å². The fourth-order valence-electron chi connectivity index (χ4n) is 2.30. The summed E-state index contributed by atoms with van der Waals surface area (Å²) >= 11 is 1.80. The van der Waals surface area contributed by atoms with E-state index in [4.69, 9.17) is 0 Å². The van der Waals surface area contributed by atoms with E-state index < -0.39 is 0 Å². The van der Waals surface area contributed by atoms with Crippen LogP contribution in [-0.4, -0.2) is 14.5 Å². The van der Waals surface area contributed by atoms with E-state index in [0.717, 1.165) is 29.8 Å². The molecule has 0 fully saturated rings. The van der Waals surface area contributed by atoms with Crippen LogP contribution in [0.15, 0.2) is 29.8 Å². The maximum atomic E-state index is 4.58. The molecule has 0 spiro atoms. The zero-order valence-electron chi connectivity index (χ0n) is 11.7. The van der Waals surface area contributed by atoms with Crippen molar-refractivity contribution in [1.29, 1.82) is 0 Å². The summed E-state index contributed by atoms with van der Waals surface area (Å²) in [6.45, 7) is 4.90. The minimum absolute atomic E-state index is 0. The molecule has 5 heteroatoms. The monoisotopic (exact) mass is 359 g/mol. The van der Waals surface area contributed by atoms with E-state index in [1.165, 1.54) is 10.6 Å². The second-order valence-electron chi connectivity index (χ2n) is 4.61. The van der Waals surface area contributed by atoms with Crippen LogP contribution in [0.3, 0.4) is 0 Å². The molecule has 0 bridgehead atoms. The second kappa shape index (κ2) is 6.92. The second-order valence-corrected chi connectivity index (χ2v) is 5.64. The average molecular weight is 359 g/mol. The Labute approximate surface area is 148 Å². The molecular formula is C15H16N3SY-. The van der Waals surface area contributed by atoms with Gasteiger partial charge in [-0.2, -0.15) is 6.92 Å². The first-order valence-electron chi connectivity index (χ1n) is 6.40. The fourth-order valence-corrected chi connectivity index (χ4v) is 3.02. The van der Waals surface area contributed by atoms with Gasteiger partial charge in [-0.1, -0.05) is 12.6 Å². The largest absolute Gasteiger partial charge is 0.359 e. The Balaban J connectivity index is 0.00000147. The first-order chi connectivity index (χ1) is 9.28. The zero-order chi connectivity index (χ0) is 13.2. The maximum absolute atomic E-state index is 4.58. The molecule has 0 saturated carbocycles. The van der Waals surface area contributed by atoms with Crippen LogP contribution in [0.4, 0.5) is 0 Å². The van der Waals surface area contributed by atoms with Crippen LogP contribution in [0.1, 0.15) is 23.3 Å². The van der Waals surface area contributed by atoms with Gasteiger partial charge in [-0.15, -0.1) is 11.3 Å². The van der Waals surface area contributed by atoms with Crippen LogP contribution in [-0.2, 0) is 45.7 Å². The van der Waals surface area contributed by atoms with Crippen LogP contribution in [0.25, 0.3) is 11.0 Å². The molecule has 0 aromatic carbocycles. The van der Waals surface area contributed by atoms with Gasteiger partial charge in [0, 0.05) is 61.3 Å². The van der Waals surface area contributed by atoms with Gasteiger partial charge >= 0.3 is 0 Å². The molecule has 0 aliphatic carbocycles. The van der Waals surface area contributed by atoms with Gasteiger partial charge in [0.25, 0.3) is 0 Å². The number of thiophene rings is 1. The predicted molar refractivity (Wildman–Crippen MR) is 79.4 cm³/mol. The van der Waals surface area contributed by atoms with Gasteiger partial charge in [0.2, 0.25) is 0 Å².